The van der Waals surface area contributed by atoms with Crippen molar-refractivity contribution in [2.75, 3.05) is 0 Å². The Morgan fingerprint density at radius 2 is 2.10 bits per heavy atom. The summed E-state index contributed by atoms with van der Waals surface area (Å²) in [5.74, 6) is -0.246. The summed E-state index contributed by atoms with van der Waals surface area (Å²) >= 11 is 3.24. The van der Waals surface area contributed by atoms with E-state index < -0.39 is 0 Å². The minimum absolute atomic E-state index is 0.0294. The van der Waals surface area contributed by atoms with Gasteiger partial charge in [0.2, 0.25) is 0 Å². The van der Waals surface area contributed by atoms with E-state index in [-0.39, 0.29) is 11.4 Å². The zero-order valence-electron chi connectivity index (χ0n) is 11.8. The van der Waals surface area contributed by atoms with Crippen molar-refractivity contribution in [3.05, 3.63) is 45.9 Å². The summed E-state index contributed by atoms with van der Waals surface area (Å²) < 4.78 is 16.1. The highest BCUT2D eigenvalue weighted by Crippen LogP contribution is 2.16. The number of hydrogen-bond donors (Lipinski definition) is 1. The van der Waals surface area contributed by atoms with Crippen LogP contribution in [0.1, 0.15) is 32.0 Å². The molecular formula is C14H18BrFN4. The number of rotatable bonds is 4. The van der Waals surface area contributed by atoms with Crippen LogP contribution < -0.4 is 5.32 Å². The van der Waals surface area contributed by atoms with Gasteiger partial charge in [-0.25, -0.2) is 9.07 Å². The zero-order valence-corrected chi connectivity index (χ0v) is 13.4. The van der Waals surface area contributed by atoms with Gasteiger partial charge in [-0.3, -0.25) is 0 Å². The van der Waals surface area contributed by atoms with Gasteiger partial charge in [-0.1, -0.05) is 27.2 Å². The Bertz CT molecular complexity index is 589. The van der Waals surface area contributed by atoms with E-state index in [1.54, 1.807) is 10.7 Å². The Kier molecular flexibility index (Phi) is 4.55. The quantitative estimate of drug-likeness (QED) is 0.929. The molecule has 0 amide bonds. The Labute approximate surface area is 126 Å². The van der Waals surface area contributed by atoms with Crippen LogP contribution in [0.15, 0.2) is 28.9 Å². The Morgan fingerprint density at radius 3 is 2.75 bits per heavy atom. The van der Waals surface area contributed by atoms with Gasteiger partial charge in [0.05, 0.1) is 18.4 Å². The molecule has 0 aliphatic rings. The zero-order chi connectivity index (χ0) is 14.8. The van der Waals surface area contributed by atoms with Crippen molar-refractivity contribution in [1.82, 2.24) is 20.3 Å². The van der Waals surface area contributed by atoms with Gasteiger partial charge < -0.3 is 5.32 Å². The average molecular weight is 341 g/mol. The summed E-state index contributed by atoms with van der Waals surface area (Å²) in [7, 11) is 0. The summed E-state index contributed by atoms with van der Waals surface area (Å²) in [6.07, 6.45) is 1.83. The molecule has 2 rings (SSSR count). The average Bonchev–Trinajstić information content (AvgIpc) is 2.77. The van der Waals surface area contributed by atoms with Crippen molar-refractivity contribution in [1.29, 1.82) is 0 Å². The third-order valence-corrected chi connectivity index (χ3v) is 3.23. The molecule has 1 heterocycles. The molecule has 1 aromatic carbocycles. The largest absolute Gasteiger partial charge is 0.306 e. The van der Waals surface area contributed by atoms with Gasteiger partial charge in [-0.2, -0.15) is 0 Å². The predicted octanol–water partition coefficient (Wildman–Crippen LogP) is 3.12. The van der Waals surface area contributed by atoms with E-state index in [2.05, 4.69) is 52.3 Å². The summed E-state index contributed by atoms with van der Waals surface area (Å²) in [4.78, 5) is 0. The molecule has 1 aromatic heterocycles. The molecule has 4 nitrogen and oxygen atoms in total. The van der Waals surface area contributed by atoms with Crippen molar-refractivity contribution < 1.29 is 4.39 Å². The molecule has 0 atom stereocenters. The van der Waals surface area contributed by atoms with Gasteiger partial charge in [0.15, 0.2) is 0 Å². The van der Waals surface area contributed by atoms with Crippen LogP contribution in [0.5, 0.6) is 0 Å². The highest BCUT2D eigenvalue weighted by atomic mass is 79.9. The first-order chi connectivity index (χ1) is 9.33. The van der Waals surface area contributed by atoms with E-state index in [4.69, 9.17) is 0 Å². The van der Waals surface area contributed by atoms with Crippen LogP contribution in [-0.4, -0.2) is 20.5 Å². The van der Waals surface area contributed by atoms with Gasteiger partial charge in [0.1, 0.15) is 5.82 Å². The molecule has 0 fully saturated rings. The molecule has 108 valence electrons. The van der Waals surface area contributed by atoms with Crippen molar-refractivity contribution in [3.63, 3.8) is 0 Å². The Morgan fingerprint density at radius 1 is 1.35 bits per heavy atom. The topological polar surface area (TPSA) is 42.7 Å². The smallest absolute Gasteiger partial charge is 0.129 e. The molecule has 0 spiro atoms. The van der Waals surface area contributed by atoms with Gasteiger partial charge in [0, 0.05) is 22.1 Å². The van der Waals surface area contributed by atoms with Crippen molar-refractivity contribution in [3.8, 4) is 0 Å². The maximum Gasteiger partial charge on any atom is 0.129 e. The number of aromatic nitrogens is 3. The van der Waals surface area contributed by atoms with E-state index in [1.165, 1.54) is 6.07 Å². The van der Waals surface area contributed by atoms with Crippen LogP contribution in [-0.2, 0) is 13.1 Å². The lowest BCUT2D eigenvalue weighted by Gasteiger charge is -2.19. The van der Waals surface area contributed by atoms with Crippen LogP contribution in [0.4, 0.5) is 4.39 Å². The minimum Gasteiger partial charge on any atom is -0.306 e. The lowest BCUT2D eigenvalue weighted by Crippen LogP contribution is -2.35. The first-order valence-corrected chi connectivity index (χ1v) is 7.21. The third-order valence-electron chi connectivity index (χ3n) is 2.73. The SMILES string of the molecule is CC(C)(C)NCc1cn(Cc2ccc(Br)cc2F)nn1. The van der Waals surface area contributed by atoms with Crippen molar-refractivity contribution in [2.24, 2.45) is 0 Å². The molecule has 0 unspecified atom stereocenters. The lowest BCUT2D eigenvalue weighted by molar-refractivity contribution is 0.421. The first-order valence-electron chi connectivity index (χ1n) is 6.41. The highest BCUT2D eigenvalue weighted by molar-refractivity contribution is 9.10. The number of benzene rings is 1. The number of nitrogens with one attached hydrogen (secondary N) is 1. The maximum atomic E-state index is 13.7. The van der Waals surface area contributed by atoms with Crippen molar-refractivity contribution in [2.45, 2.75) is 39.4 Å². The summed E-state index contributed by atoms with van der Waals surface area (Å²) in [5.41, 5.74) is 1.47. The summed E-state index contributed by atoms with van der Waals surface area (Å²) in [6.45, 7) is 7.30. The fourth-order valence-electron chi connectivity index (χ4n) is 1.68. The lowest BCUT2D eigenvalue weighted by atomic mass is 10.1. The van der Waals surface area contributed by atoms with Crippen molar-refractivity contribution >= 4 is 15.9 Å². The summed E-state index contributed by atoms with van der Waals surface area (Å²) in [6, 6.07) is 5.01. The molecule has 0 aliphatic heterocycles. The molecule has 1 N–H and O–H groups in total. The maximum absolute atomic E-state index is 13.7. The molecular weight excluding hydrogens is 323 g/mol. The molecule has 0 bridgehead atoms. The third kappa shape index (κ3) is 4.38. The predicted molar refractivity (Wildman–Crippen MR) is 79.8 cm³/mol. The molecule has 0 radical (unpaired) electrons. The second-order valence-electron chi connectivity index (χ2n) is 5.75. The minimum atomic E-state index is -0.246. The van der Waals surface area contributed by atoms with Crippen LogP contribution in [0.2, 0.25) is 0 Å². The van der Waals surface area contributed by atoms with Crippen LogP contribution >= 0.6 is 15.9 Å². The number of hydrogen-bond acceptors (Lipinski definition) is 3. The first kappa shape index (κ1) is 15.1. The fourth-order valence-corrected chi connectivity index (χ4v) is 2.01. The Balaban J connectivity index is 2.02. The van der Waals surface area contributed by atoms with E-state index in [9.17, 15) is 4.39 Å². The van der Waals surface area contributed by atoms with Gasteiger partial charge in [0.25, 0.3) is 0 Å². The monoisotopic (exact) mass is 340 g/mol. The molecule has 20 heavy (non-hydrogen) atoms. The second-order valence-corrected chi connectivity index (χ2v) is 6.66. The van der Waals surface area contributed by atoms with Crippen LogP contribution in [0, 0.1) is 5.82 Å². The Hall–Kier alpha value is -1.27. The number of halogens is 2. The van der Waals surface area contributed by atoms with Gasteiger partial charge in [-0.15, -0.1) is 5.10 Å². The molecule has 2 aromatic rings. The van der Waals surface area contributed by atoms with E-state index in [1.807, 2.05) is 12.3 Å². The standard InChI is InChI=1S/C14H18BrFN4/c1-14(2,3)17-7-12-9-20(19-18-12)8-10-4-5-11(15)6-13(10)16/h4-6,9,17H,7-8H2,1-3H3. The van der Waals surface area contributed by atoms with E-state index in [0.717, 1.165) is 10.2 Å². The van der Waals surface area contributed by atoms with Gasteiger partial charge >= 0.3 is 0 Å². The second kappa shape index (κ2) is 6.01. The molecule has 0 saturated carbocycles. The van der Waals surface area contributed by atoms with E-state index >= 15 is 0 Å². The van der Waals surface area contributed by atoms with Gasteiger partial charge in [-0.05, 0) is 32.9 Å². The molecule has 0 saturated heterocycles. The number of nitrogens with zero attached hydrogens (tertiary/aromatic N) is 3. The van der Waals surface area contributed by atoms with E-state index in [0.29, 0.717) is 18.7 Å². The van der Waals surface area contributed by atoms with Crippen LogP contribution in [0.3, 0.4) is 0 Å². The highest BCUT2D eigenvalue weighted by Gasteiger charge is 2.11. The summed E-state index contributed by atoms with van der Waals surface area (Å²) in [5, 5.41) is 11.4. The molecule has 0 aliphatic carbocycles. The normalized spacial score (nSPS) is 11.8. The molecule has 6 heteroatoms. The van der Waals surface area contributed by atoms with Crippen LogP contribution in [0.25, 0.3) is 0 Å². The fraction of sp³-hybridized carbons (Fsp3) is 0.429.